The molecular weight excluding hydrogens is 548 g/mol. The van der Waals surface area contributed by atoms with E-state index in [1.165, 1.54) is 0 Å². The summed E-state index contributed by atoms with van der Waals surface area (Å²) in [6.45, 7) is 15.4. The molecule has 4 rings (SSSR count). The Morgan fingerprint density at radius 1 is 0.767 bits per heavy atom. The molecule has 0 spiro atoms. The van der Waals surface area contributed by atoms with Crippen molar-refractivity contribution in [2.45, 2.75) is 53.4 Å². The van der Waals surface area contributed by atoms with E-state index in [1.807, 2.05) is 26.0 Å². The zero-order valence-corrected chi connectivity index (χ0v) is 24.6. The van der Waals surface area contributed by atoms with E-state index in [1.54, 1.807) is 32.1 Å². The summed E-state index contributed by atoms with van der Waals surface area (Å²) in [5.41, 5.74) is 8.40. The van der Waals surface area contributed by atoms with E-state index in [0.717, 1.165) is 44.3 Å². The first-order chi connectivity index (χ1) is 20.4. The van der Waals surface area contributed by atoms with Gasteiger partial charge in [0.15, 0.2) is 0 Å². The second kappa shape index (κ2) is 12.3. The average Bonchev–Trinajstić information content (AvgIpc) is 3.58. The van der Waals surface area contributed by atoms with Gasteiger partial charge in [0, 0.05) is 62.9 Å². The van der Waals surface area contributed by atoms with Crippen LogP contribution in [0.25, 0.3) is 30.4 Å². The summed E-state index contributed by atoms with van der Waals surface area (Å²) in [7, 11) is 0. The smallest absolute Gasteiger partial charge is 0.303 e. The number of nitrogens with one attached hydrogen (secondary N) is 3. The van der Waals surface area contributed by atoms with Gasteiger partial charge in [-0.15, -0.1) is 0 Å². The monoisotopic (exact) mass is 582 g/mol. The molecule has 5 N–H and O–H groups in total. The number of aromatic amines is 2. The Morgan fingerprint density at radius 2 is 1.40 bits per heavy atom. The summed E-state index contributed by atoms with van der Waals surface area (Å²) in [6, 6.07) is 0. The van der Waals surface area contributed by atoms with E-state index < -0.39 is 17.8 Å². The van der Waals surface area contributed by atoms with Crippen molar-refractivity contribution in [3.05, 3.63) is 85.5 Å². The molecule has 0 unspecified atom stereocenters. The van der Waals surface area contributed by atoms with E-state index in [0.29, 0.717) is 33.7 Å². The lowest BCUT2D eigenvalue weighted by molar-refractivity contribution is -0.138. The number of aromatic nitrogens is 2. The van der Waals surface area contributed by atoms with Crippen LogP contribution in [-0.2, 0) is 19.2 Å². The van der Waals surface area contributed by atoms with Crippen LogP contribution in [0.15, 0.2) is 46.1 Å². The number of amides is 2. The number of carboxylic acids is 2. The molecule has 2 amide bonds. The second-order valence-corrected chi connectivity index (χ2v) is 10.5. The molecule has 43 heavy (non-hydrogen) atoms. The normalized spacial score (nSPS) is 16.9. The highest BCUT2D eigenvalue weighted by atomic mass is 16.4. The van der Waals surface area contributed by atoms with Gasteiger partial charge in [-0.25, -0.2) is 4.99 Å². The van der Waals surface area contributed by atoms with Gasteiger partial charge in [-0.2, -0.15) is 0 Å². The van der Waals surface area contributed by atoms with E-state index in [9.17, 15) is 19.2 Å². The molecule has 0 aromatic carbocycles. The Labute approximate surface area is 248 Å². The van der Waals surface area contributed by atoms with Gasteiger partial charge in [0.2, 0.25) is 0 Å². The zero-order valence-electron chi connectivity index (χ0n) is 24.6. The number of rotatable bonds is 11. The number of H-pyrrole nitrogens is 2. The maximum atomic E-state index is 12.5. The second-order valence-electron chi connectivity index (χ2n) is 10.5. The SMILES string of the molecule is C=Cc1c(/C=C2\NC(=O)C(CCC(=O)O)=C2C)[nH]c(/C=c2\[nH]/c(=C/C3=NC(=O)C(CCC(=O)O)=C3C)c(C)c2C=C)c1C. The Balaban J connectivity index is 1.76. The highest BCUT2D eigenvalue weighted by molar-refractivity contribution is 6.30. The first-order valence-corrected chi connectivity index (χ1v) is 13.8. The fourth-order valence-corrected chi connectivity index (χ4v) is 5.32. The first kappa shape index (κ1) is 30.7. The van der Waals surface area contributed by atoms with Crippen molar-refractivity contribution in [2.24, 2.45) is 4.99 Å². The predicted octanol–water partition coefficient (Wildman–Crippen LogP) is 3.67. The van der Waals surface area contributed by atoms with Gasteiger partial charge >= 0.3 is 11.9 Å². The van der Waals surface area contributed by atoms with Gasteiger partial charge in [0.1, 0.15) is 0 Å². The highest BCUT2D eigenvalue weighted by Gasteiger charge is 2.25. The number of hydrogen-bond donors (Lipinski definition) is 5. The number of aliphatic carboxylic acids is 2. The molecule has 10 nitrogen and oxygen atoms in total. The lowest BCUT2D eigenvalue weighted by atomic mass is 10.0. The molecule has 0 bridgehead atoms. The molecular formula is C33H34N4O6. The molecule has 0 radical (unpaired) electrons. The van der Waals surface area contributed by atoms with Gasteiger partial charge < -0.3 is 25.5 Å². The molecule has 0 fully saturated rings. The Morgan fingerprint density at radius 3 is 2.00 bits per heavy atom. The maximum Gasteiger partial charge on any atom is 0.303 e. The van der Waals surface area contributed by atoms with E-state index in [4.69, 9.17) is 10.2 Å². The van der Waals surface area contributed by atoms with Gasteiger partial charge in [-0.1, -0.05) is 25.3 Å². The molecule has 0 atom stereocenters. The van der Waals surface area contributed by atoms with Crippen molar-refractivity contribution >= 4 is 59.8 Å². The van der Waals surface area contributed by atoms with Crippen LogP contribution in [0.3, 0.4) is 0 Å². The van der Waals surface area contributed by atoms with Crippen molar-refractivity contribution in [3.63, 3.8) is 0 Å². The largest absolute Gasteiger partial charge is 0.481 e. The summed E-state index contributed by atoms with van der Waals surface area (Å²) < 4.78 is 0. The van der Waals surface area contributed by atoms with Gasteiger partial charge in [-0.05, 0) is 81.0 Å². The molecule has 10 heteroatoms. The van der Waals surface area contributed by atoms with Crippen LogP contribution in [0, 0.1) is 13.8 Å². The fraction of sp³-hybridized carbons (Fsp3) is 0.242. The number of allylic oxidation sites excluding steroid dienone is 2. The van der Waals surface area contributed by atoms with Crippen molar-refractivity contribution < 1.29 is 29.4 Å². The number of hydrogen-bond acceptors (Lipinski definition) is 4. The standard InChI is InChI=1S/C33H34N4O6/c1-7-20-16(3)24(13-26-18(5)22(32(42)36-26)9-11-30(38)39)34-28(20)14-25-17(4)21(8-2)29(35-25)15-27-19(6)23(33(43)37-27)10-12-31(40)41/h7-8,13-15,34-35H,1-2,9-12H2,3-6H3,(H,37,43)(H,38,39)(H,40,41)/b24-13+,27-15-,28-14-. The van der Waals surface area contributed by atoms with Crippen molar-refractivity contribution in [2.75, 3.05) is 0 Å². The minimum absolute atomic E-state index is 0.125. The molecule has 0 aliphatic carbocycles. The van der Waals surface area contributed by atoms with Crippen LogP contribution >= 0.6 is 0 Å². The summed E-state index contributed by atoms with van der Waals surface area (Å²) >= 11 is 0. The quantitative estimate of drug-likeness (QED) is 0.271. The molecule has 4 heterocycles. The Bertz CT molecular complexity index is 1860. The van der Waals surface area contributed by atoms with Crippen molar-refractivity contribution in [3.8, 4) is 0 Å². The summed E-state index contributed by atoms with van der Waals surface area (Å²) in [6.07, 6.45) is 9.04. The minimum atomic E-state index is -0.972. The number of aliphatic imine (C=N–C) groups is 1. The molecule has 222 valence electrons. The molecule has 0 saturated heterocycles. The number of nitrogens with zero attached hydrogens (tertiary/aromatic N) is 1. The molecule has 2 aromatic rings. The lowest BCUT2D eigenvalue weighted by Crippen LogP contribution is -2.16. The Kier molecular flexibility index (Phi) is 8.80. The third-order valence-corrected chi connectivity index (χ3v) is 7.88. The van der Waals surface area contributed by atoms with Crippen LogP contribution in [0.5, 0.6) is 0 Å². The van der Waals surface area contributed by atoms with Crippen LogP contribution in [-0.4, -0.2) is 49.6 Å². The molecule has 2 aromatic heterocycles. The van der Waals surface area contributed by atoms with Crippen LogP contribution in [0.1, 0.15) is 73.2 Å². The van der Waals surface area contributed by atoms with E-state index in [2.05, 4.69) is 33.4 Å². The molecule has 2 aliphatic rings. The third-order valence-electron chi connectivity index (χ3n) is 7.88. The number of carboxylic acid groups (broad SMARTS) is 2. The Hall–Kier alpha value is -5.25. The summed E-state index contributed by atoms with van der Waals surface area (Å²) in [5, 5.41) is 22.4. The lowest BCUT2D eigenvalue weighted by Gasteiger charge is -2.01. The molecule has 0 saturated carbocycles. The highest BCUT2D eigenvalue weighted by Crippen LogP contribution is 2.28. The van der Waals surface area contributed by atoms with Gasteiger partial charge in [0.25, 0.3) is 11.8 Å². The number of carbonyl (C=O) groups excluding carboxylic acids is 2. The van der Waals surface area contributed by atoms with Crippen LogP contribution < -0.4 is 16.0 Å². The third kappa shape index (κ3) is 6.18. The maximum absolute atomic E-state index is 12.5. The summed E-state index contributed by atoms with van der Waals surface area (Å²) in [4.78, 5) is 57.9. The van der Waals surface area contributed by atoms with Gasteiger partial charge in [-0.3, -0.25) is 19.2 Å². The fourth-order valence-electron chi connectivity index (χ4n) is 5.32. The van der Waals surface area contributed by atoms with E-state index in [-0.39, 0.29) is 31.6 Å². The van der Waals surface area contributed by atoms with Crippen LogP contribution in [0.2, 0.25) is 0 Å². The van der Waals surface area contributed by atoms with Crippen LogP contribution in [0.4, 0.5) is 0 Å². The van der Waals surface area contributed by atoms with Crippen molar-refractivity contribution in [1.82, 2.24) is 15.3 Å². The molecule has 2 aliphatic heterocycles. The minimum Gasteiger partial charge on any atom is -0.481 e. The van der Waals surface area contributed by atoms with Crippen molar-refractivity contribution in [1.29, 1.82) is 0 Å². The number of carbonyl (C=O) groups is 4. The zero-order chi connectivity index (χ0) is 31.6. The average molecular weight is 583 g/mol. The summed E-state index contributed by atoms with van der Waals surface area (Å²) in [5.74, 6) is -2.65. The topological polar surface area (TPSA) is 165 Å². The van der Waals surface area contributed by atoms with E-state index >= 15 is 0 Å². The predicted molar refractivity (Wildman–Crippen MR) is 166 cm³/mol. The van der Waals surface area contributed by atoms with Gasteiger partial charge in [0.05, 0.1) is 5.71 Å². The first-order valence-electron chi connectivity index (χ1n) is 13.8.